The second kappa shape index (κ2) is 12.2. The average molecular weight is 426 g/mol. The van der Waals surface area contributed by atoms with Crippen molar-refractivity contribution < 1.29 is 4.79 Å². The Hall–Kier alpha value is -1.91. The lowest BCUT2D eigenvalue weighted by Gasteiger charge is -2.42. The number of hydrogen-bond donors (Lipinski definition) is 1. The van der Waals surface area contributed by atoms with Gasteiger partial charge in [0, 0.05) is 12.0 Å². The Morgan fingerprint density at radius 3 is 2.32 bits per heavy atom. The summed E-state index contributed by atoms with van der Waals surface area (Å²) < 4.78 is 0. The highest BCUT2D eigenvalue weighted by Crippen LogP contribution is 2.41. The first-order valence-corrected chi connectivity index (χ1v) is 12.1. The van der Waals surface area contributed by atoms with Crippen LogP contribution in [0.25, 0.3) is 10.8 Å². The van der Waals surface area contributed by atoms with Crippen LogP contribution in [0.1, 0.15) is 53.0 Å². The lowest BCUT2D eigenvalue weighted by molar-refractivity contribution is -0.122. The molecule has 0 fully saturated rings. The topological polar surface area (TPSA) is 35.6 Å². The third-order valence-corrected chi connectivity index (χ3v) is 7.22. The van der Waals surface area contributed by atoms with Gasteiger partial charge in [-0.1, -0.05) is 83.5 Å². The Morgan fingerprint density at radius 1 is 1.00 bits per heavy atom. The highest BCUT2D eigenvalue weighted by Gasteiger charge is 2.38. The summed E-state index contributed by atoms with van der Waals surface area (Å²) in [5, 5.41) is 5.92. The molecule has 2 atom stereocenters. The minimum Gasteiger partial charge on any atom is -0.354 e. The highest BCUT2D eigenvalue weighted by molar-refractivity contribution is 5.87. The van der Waals surface area contributed by atoms with Crippen LogP contribution in [-0.4, -0.2) is 62.0 Å². The molecule has 0 saturated carbocycles. The van der Waals surface area contributed by atoms with Crippen molar-refractivity contribution in [3.63, 3.8) is 0 Å². The summed E-state index contributed by atoms with van der Waals surface area (Å²) >= 11 is 0. The lowest BCUT2D eigenvalue weighted by Crippen LogP contribution is -2.49. The molecule has 31 heavy (non-hydrogen) atoms. The van der Waals surface area contributed by atoms with E-state index in [1.165, 1.54) is 16.3 Å². The fourth-order valence-corrected chi connectivity index (χ4v) is 4.57. The second-order valence-corrected chi connectivity index (χ2v) is 8.88. The number of fused-ring (bicyclic) bond motifs is 1. The number of likely N-dealkylation sites (N-methyl/N-ethyl adjacent to an activating group) is 1. The quantitative estimate of drug-likeness (QED) is 0.495. The van der Waals surface area contributed by atoms with E-state index in [9.17, 15) is 4.79 Å². The van der Waals surface area contributed by atoms with E-state index in [1.54, 1.807) is 0 Å². The Kier molecular flexibility index (Phi) is 9.98. The Morgan fingerprint density at radius 2 is 1.68 bits per heavy atom. The molecule has 0 heterocycles. The van der Waals surface area contributed by atoms with Crippen LogP contribution in [-0.2, 0) is 10.2 Å². The number of rotatable bonds is 13. The van der Waals surface area contributed by atoms with Crippen molar-refractivity contribution in [3.8, 4) is 0 Å². The van der Waals surface area contributed by atoms with Crippen molar-refractivity contribution in [2.75, 3.05) is 46.3 Å². The summed E-state index contributed by atoms with van der Waals surface area (Å²) in [6.07, 6.45) is 2.09. The van der Waals surface area contributed by atoms with Crippen LogP contribution in [0.5, 0.6) is 0 Å². The van der Waals surface area contributed by atoms with Crippen LogP contribution in [0.4, 0.5) is 0 Å². The van der Waals surface area contributed by atoms with Gasteiger partial charge in [0.05, 0.1) is 6.54 Å². The van der Waals surface area contributed by atoms with Crippen LogP contribution in [0.2, 0.25) is 0 Å². The minimum atomic E-state index is -0.113. The molecule has 0 aliphatic heterocycles. The van der Waals surface area contributed by atoms with Crippen molar-refractivity contribution in [2.24, 2.45) is 5.92 Å². The molecule has 0 aromatic heterocycles. The molecule has 172 valence electrons. The van der Waals surface area contributed by atoms with Crippen LogP contribution in [0.15, 0.2) is 42.5 Å². The number of hydrogen-bond acceptors (Lipinski definition) is 3. The van der Waals surface area contributed by atoms with Crippen LogP contribution < -0.4 is 5.32 Å². The molecule has 0 spiro atoms. The molecule has 0 bridgehead atoms. The summed E-state index contributed by atoms with van der Waals surface area (Å²) in [6, 6.07) is 15.3. The Balaban J connectivity index is 2.46. The third-order valence-electron chi connectivity index (χ3n) is 7.22. The zero-order valence-electron chi connectivity index (χ0n) is 20.6. The molecule has 2 unspecified atom stereocenters. The molecule has 4 heteroatoms. The standard InChI is InChI=1S/C27H43N3O/c1-7-22(5)27(18-19-29(6)8-2,21-28-26(31)20-30(9-3)10-4)25-17-13-15-23-14-11-12-16-24(23)25/h11-17,22H,7-10,18-21H2,1-6H3,(H,28,31). The molecule has 0 aliphatic carbocycles. The van der Waals surface area contributed by atoms with Crippen molar-refractivity contribution in [3.05, 3.63) is 48.0 Å². The van der Waals surface area contributed by atoms with Crippen molar-refractivity contribution >= 4 is 16.7 Å². The fraction of sp³-hybridized carbons (Fsp3) is 0.593. The normalized spacial score (nSPS) is 14.7. The van der Waals surface area contributed by atoms with E-state index in [2.05, 4.69) is 99.2 Å². The van der Waals surface area contributed by atoms with Gasteiger partial charge in [0.25, 0.3) is 0 Å². The van der Waals surface area contributed by atoms with E-state index in [1.807, 2.05) is 0 Å². The Labute approximate surface area is 190 Å². The number of benzene rings is 2. The summed E-state index contributed by atoms with van der Waals surface area (Å²) in [5.41, 5.74) is 1.26. The minimum absolute atomic E-state index is 0.113. The molecule has 1 amide bonds. The van der Waals surface area contributed by atoms with Crippen LogP contribution in [0, 0.1) is 5.92 Å². The zero-order chi connectivity index (χ0) is 22.9. The predicted molar refractivity (Wildman–Crippen MR) is 134 cm³/mol. The van der Waals surface area contributed by atoms with Gasteiger partial charge >= 0.3 is 0 Å². The van der Waals surface area contributed by atoms with E-state index in [0.717, 1.165) is 39.0 Å². The first-order valence-electron chi connectivity index (χ1n) is 12.1. The van der Waals surface area contributed by atoms with Crippen molar-refractivity contribution in [1.29, 1.82) is 0 Å². The first kappa shape index (κ1) is 25.4. The summed E-state index contributed by atoms with van der Waals surface area (Å²) in [4.78, 5) is 17.4. The van der Waals surface area contributed by atoms with Gasteiger partial charge in [-0.25, -0.2) is 0 Å². The summed E-state index contributed by atoms with van der Waals surface area (Å²) in [7, 11) is 2.18. The summed E-state index contributed by atoms with van der Waals surface area (Å²) in [6.45, 7) is 16.0. The van der Waals surface area contributed by atoms with Gasteiger partial charge in [0.15, 0.2) is 0 Å². The molecule has 4 nitrogen and oxygen atoms in total. The predicted octanol–water partition coefficient (Wildman–Crippen LogP) is 4.92. The van der Waals surface area contributed by atoms with Gasteiger partial charge in [0.2, 0.25) is 5.91 Å². The van der Waals surface area contributed by atoms with E-state index in [0.29, 0.717) is 19.0 Å². The van der Waals surface area contributed by atoms with Crippen LogP contribution >= 0.6 is 0 Å². The van der Waals surface area contributed by atoms with Crippen molar-refractivity contribution in [1.82, 2.24) is 15.1 Å². The molecule has 2 aromatic carbocycles. The maximum atomic E-state index is 12.9. The maximum Gasteiger partial charge on any atom is 0.234 e. The molecule has 0 saturated heterocycles. The molecular weight excluding hydrogens is 382 g/mol. The molecule has 1 N–H and O–H groups in total. The zero-order valence-corrected chi connectivity index (χ0v) is 20.6. The second-order valence-electron chi connectivity index (χ2n) is 8.88. The highest BCUT2D eigenvalue weighted by atomic mass is 16.2. The third kappa shape index (κ3) is 6.30. The van der Waals surface area contributed by atoms with Gasteiger partial charge in [-0.15, -0.1) is 0 Å². The summed E-state index contributed by atoms with van der Waals surface area (Å²) in [5.74, 6) is 0.567. The molecule has 0 radical (unpaired) electrons. The lowest BCUT2D eigenvalue weighted by atomic mass is 9.66. The van der Waals surface area contributed by atoms with E-state index in [-0.39, 0.29) is 11.3 Å². The van der Waals surface area contributed by atoms with Gasteiger partial charge in [-0.3, -0.25) is 9.69 Å². The number of carbonyl (C=O) groups excluding carboxylic acids is 1. The number of nitrogens with zero attached hydrogens (tertiary/aromatic N) is 2. The molecule has 2 rings (SSSR count). The van der Waals surface area contributed by atoms with E-state index in [4.69, 9.17) is 0 Å². The van der Waals surface area contributed by atoms with E-state index < -0.39 is 0 Å². The largest absolute Gasteiger partial charge is 0.354 e. The smallest absolute Gasteiger partial charge is 0.234 e. The van der Waals surface area contributed by atoms with Crippen molar-refractivity contribution in [2.45, 2.75) is 52.9 Å². The van der Waals surface area contributed by atoms with Gasteiger partial charge in [-0.2, -0.15) is 0 Å². The van der Waals surface area contributed by atoms with Gasteiger partial charge in [0.1, 0.15) is 0 Å². The SMILES string of the molecule is CCC(C)C(CCN(C)CC)(CNC(=O)CN(CC)CC)c1cccc2ccccc12. The van der Waals surface area contributed by atoms with E-state index >= 15 is 0 Å². The number of nitrogens with one attached hydrogen (secondary N) is 1. The van der Waals surface area contributed by atoms with Crippen LogP contribution in [0.3, 0.4) is 0 Å². The number of carbonyl (C=O) groups is 1. The maximum absolute atomic E-state index is 12.9. The fourth-order valence-electron chi connectivity index (χ4n) is 4.57. The molecule has 0 aliphatic rings. The Bertz CT molecular complexity index is 812. The molecular formula is C27H43N3O. The first-order chi connectivity index (χ1) is 14.9. The average Bonchev–Trinajstić information content (AvgIpc) is 2.81. The molecule has 2 aromatic rings. The number of amides is 1. The van der Waals surface area contributed by atoms with Gasteiger partial charge < -0.3 is 10.2 Å². The van der Waals surface area contributed by atoms with Gasteiger partial charge in [-0.05, 0) is 61.9 Å². The monoisotopic (exact) mass is 425 g/mol.